The predicted molar refractivity (Wildman–Crippen MR) is 153 cm³/mol. The highest BCUT2D eigenvalue weighted by atomic mass is 16.5. The molecule has 13 nitrogen and oxygen atoms in total. The summed E-state index contributed by atoms with van der Waals surface area (Å²) in [5.41, 5.74) is -0.229. The van der Waals surface area contributed by atoms with Gasteiger partial charge in [0.25, 0.3) is 11.5 Å². The van der Waals surface area contributed by atoms with E-state index >= 15 is 0 Å². The van der Waals surface area contributed by atoms with E-state index in [2.05, 4.69) is 32.0 Å². The molecule has 4 rings (SSSR count). The van der Waals surface area contributed by atoms with Crippen LogP contribution < -0.4 is 21.5 Å². The van der Waals surface area contributed by atoms with Gasteiger partial charge in [0, 0.05) is 49.5 Å². The molecule has 3 amide bonds. The first-order valence-electron chi connectivity index (χ1n) is 13.5. The molecular weight excluding hydrogens is 556 g/mol. The summed E-state index contributed by atoms with van der Waals surface area (Å²) in [6.45, 7) is 2.08. The van der Waals surface area contributed by atoms with Crippen LogP contribution in [-0.4, -0.2) is 51.0 Å². The molecule has 0 radical (unpaired) electrons. The van der Waals surface area contributed by atoms with E-state index in [0.717, 1.165) is 4.57 Å². The zero-order chi connectivity index (χ0) is 30.8. The number of rotatable bonds is 12. The Morgan fingerprint density at radius 1 is 1.28 bits per heavy atom. The Kier molecular flexibility index (Phi) is 10.2. The average Bonchev–Trinajstić information content (AvgIpc) is 3.62. The van der Waals surface area contributed by atoms with Crippen LogP contribution in [0.3, 0.4) is 0 Å². The molecule has 3 atom stereocenters. The molecule has 3 N–H and O–H groups in total. The van der Waals surface area contributed by atoms with Crippen LogP contribution in [0.1, 0.15) is 47.2 Å². The molecule has 0 bridgehead atoms. The maximum absolute atomic E-state index is 13.5. The Morgan fingerprint density at radius 3 is 2.79 bits per heavy atom. The molecule has 3 aromatic rings. The minimum atomic E-state index is -1.16. The van der Waals surface area contributed by atoms with Crippen LogP contribution >= 0.6 is 0 Å². The second-order valence-electron chi connectivity index (χ2n) is 9.75. The lowest BCUT2D eigenvalue weighted by Crippen LogP contribution is -2.43. The van der Waals surface area contributed by atoms with Gasteiger partial charge in [0.2, 0.25) is 11.8 Å². The minimum absolute atomic E-state index is 0.0191. The third-order valence-electron chi connectivity index (χ3n) is 6.61. The number of nitrogens with one attached hydrogen (secondary N) is 3. The quantitative estimate of drug-likeness (QED) is 0.162. The van der Waals surface area contributed by atoms with Gasteiger partial charge >= 0.3 is 5.97 Å². The standard InChI is InChI=1S/C30H30N6O7/c1-3-7-25(36-15-6-9-23(30(36)41)34-28(39)24-16-19(2)43-35-24)29(40)33-21(17-20-12-14-32-27(20)38)10-11-26(37)42-18-22-8-4-5-13-31-22/h1,4-6,8-11,13,15-16,20-21,25H,7,12,14,17-18H2,2H3,(H,32,38)(H,33,40)(H,34,39). The molecule has 3 aromatic heterocycles. The lowest BCUT2D eigenvalue weighted by molar-refractivity contribution is -0.139. The van der Waals surface area contributed by atoms with Crippen LogP contribution in [0.15, 0.2) is 70.3 Å². The topological polar surface area (TPSA) is 175 Å². The molecule has 1 fully saturated rings. The Balaban J connectivity index is 1.50. The molecule has 1 aliphatic rings. The van der Waals surface area contributed by atoms with Crippen molar-refractivity contribution in [2.24, 2.45) is 5.92 Å². The van der Waals surface area contributed by atoms with Crippen LogP contribution in [0.25, 0.3) is 0 Å². The Hall–Kier alpha value is -5.51. The van der Waals surface area contributed by atoms with E-state index in [1.165, 1.54) is 36.5 Å². The number of hydrogen-bond donors (Lipinski definition) is 3. The van der Waals surface area contributed by atoms with Crippen molar-refractivity contribution in [1.82, 2.24) is 25.3 Å². The molecule has 1 saturated heterocycles. The van der Waals surface area contributed by atoms with Crippen molar-refractivity contribution in [3.05, 3.63) is 88.4 Å². The maximum Gasteiger partial charge on any atom is 0.330 e. The summed E-state index contributed by atoms with van der Waals surface area (Å²) < 4.78 is 11.2. The molecule has 0 aromatic carbocycles. The number of amides is 3. The summed E-state index contributed by atoms with van der Waals surface area (Å²) in [5, 5.41) is 11.7. The van der Waals surface area contributed by atoms with E-state index in [1.54, 1.807) is 31.3 Å². The summed E-state index contributed by atoms with van der Waals surface area (Å²) in [6.07, 6.45) is 11.7. The van der Waals surface area contributed by atoms with E-state index in [-0.39, 0.29) is 36.7 Å². The number of carbonyl (C=O) groups excluding carboxylic acids is 4. The number of nitrogens with zero attached hydrogens (tertiary/aromatic N) is 3. The summed E-state index contributed by atoms with van der Waals surface area (Å²) in [5.74, 6) is 0.318. The van der Waals surface area contributed by atoms with Crippen molar-refractivity contribution in [3.63, 3.8) is 0 Å². The fraction of sp³-hybridized carbons (Fsp3) is 0.300. The Morgan fingerprint density at radius 2 is 2.12 bits per heavy atom. The summed E-state index contributed by atoms with van der Waals surface area (Å²) in [7, 11) is 0. The van der Waals surface area contributed by atoms with E-state index < -0.39 is 41.3 Å². The fourth-order valence-corrected chi connectivity index (χ4v) is 4.45. The predicted octanol–water partition coefficient (Wildman–Crippen LogP) is 1.67. The first-order valence-corrected chi connectivity index (χ1v) is 13.5. The molecule has 0 aliphatic carbocycles. The lowest BCUT2D eigenvalue weighted by atomic mass is 9.97. The number of esters is 1. The SMILES string of the molecule is C#CCC(C(=O)NC(C=CC(=O)OCc1ccccn1)CC1CCNC1=O)n1cccc(NC(=O)c2cc(C)on2)c1=O. The van der Waals surface area contributed by atoms with Crippen molar-refractivity contribution in [3.8, 4) is 12.3 Å². The molecule has 0 spiro atoms. The highest BCUT2D eigenvalue weighted by Gasteiger charge is 2.29. The second-order valence-corrected chi connectivity index (χ2v) is 9.75. The highest BCUT2D eigenvalue weighted by Crippen LogP contribution is 2.19. The van der Waals surface area contributed by atoms with Gasteiger partial charge in [0.15, 0.2) is 5.69 Å². The van der Waals surface area contributed by atoms with E-state index in [0.29, 0.717) is 24.4 Å². The summed E-state index contributed by atoms with van der Waals surface area (Å²) >= 11 is 0. The van der Waals surface area contributed by atoms with Gasteiger partial charge in [-0.1, -0.05) is 17.3 Å². The van der Waals surface area contributed by atoms with Crippen LogP contribution in [0.4, 0.5) is 5.69 Å². The van der Waals surface area contributed by atoms with Gasteiger partial charge in [-0.3, -0.25) is 24.2 Å². The van der Waals surface area contributed by atoms with Crippen molar-refractivity contribution in [2.75, 3.05) is 11.9 Å². The molecule has 0 saturated carbocycles. The number of carbonyl (C=O) groups is 4. The molecular formula is C30H30N6O7. The molecule has 222 valence electrons. The lowest BCUT2D eigenvalue weighted by Gasteiger charge is -2.23. The normalized spacial score (nSPS) is 15.7. The number of terminal acetylenes is 1. The minimum Gasteiger partial charge on any atom is -0.456 e. The smallest absolute Gasteiger partial charge is 0.330 e. The molecule has 43 heavy (non-hydrogen) atoms. The van der Waals surface area contributed by atoms with E-state index in [1.807, 2.05) is 0 Å². The Labute approximate surface area is 246 Å². The third-order valence-corrected chi connectivity index (χ3v) is 6.61. The van der Waals surface area contributed by atoms with Crippen molar-refractivity contribution < 1.29 is 28.4 Å². The maximum atomic E-state index is 13.5. The largest absolute Gasteiger partial charge is 0.456 e. The van der Waals surface area contributed by atoms with E-state index in [9.17, 15) is 24.0 Å². The van der Waals surface area contributed by atoms with Gasteiger partial charge in [-0.15, -0.1) is 12.3 Å². The highest BCUT2D eigenvalue weighted by molar-refractivity contribution is 6.02. The fourth-order valence-electron chi connectivity index (χ4n) is 4.45. The third kappa shape index (κ3) is 8.26. The monoisotopic (exact) mass is 586 g/mol. The van der Waals surface area contributed by atoms with Crippen LogP contribution in [-0.2, 0) is 25.7 Å². The van der Waals surface area contributed by atoms with E-state index in [4.69, 9.17) is 15.7 Å². The number of aryl methyl sites for hydroxylation is 1. The van der Waals surface area contributed by atoms with Crippen molar-refractivity contribution in [1.29, 1.82) is 0 Å². The number of ether oxygens (including phenoxy) is 1. The second kappa shape index (κ2) is 14.4. The average molecular weight is 587 g/mol. The van der Waals surface area contributed by atoms with Gasteiger partial charge < -0.3 is 29.8 Å². The zero-order valence-corrected chi connectivity index (χ0v) is 23.3. The van der Waals surface area contributed by atoms with Gasteiger partial charge in [-0.05, 0) is 44.0 Å². The Bertz CT molecular complexity index is 1600. The molecule has 4 heterocycles. The molecule has 3 unspecified atom stereocenters. The van der Waals surface area contributed by atoms with Crippen LogP contribution in [0.5, 0.6) is 0 Å². The van der Waals surface area contributed by atoms with Gasteiger partial charge in [0.1, 0.15) is 24.1 Å². The molecule has 13 heteroatoms. The summed E-state index contributed by atoms with van der Waals surface area (Å²) in [4.78, 5) is 68.1. The number of aromatic nitrogens is 3. The zero-order valence-electron chi connectivity index (χ0n) is 23.3. The summed E-state index contributed by atoms with van der Waals surface area (Å²) in [6, 6.07) is 7.58. The van der Waals surface area contributed by atoms with Gasteiger partial charge in [-0.25, -0.2) is 4.79 Å². The number of anilines is 1. The molecule has 1 aliphatic heterocycles. The van der Waals surface area contributed by atoms with Crippen molar-refractivity contribution >= 4 is 29.4 Å². The number of hydrogen-bond acceptors (Lipinski definition) is 9. The first kappa shape index (κ1) is 30.4. The number of pyridine rings is 2. The van der Waals surface area contributed by atoms with Gasteiger partial charge in [0.05, 0.1) is 5.69 Å². The van der Waals surface area contributed by atoms with Crippen molar-refractivity contribution in [2.45, 2.75) is 44.9 Å². The first-order chi connectivity index (χ1) is 20.7. The van der Waals surface area contributed by atoms with Crippen LogP contribution in [0.2, 0.25) is 0 Å². The van der Waals surface area contributed by atoms with Crippen LogP contribution in [0, 0.1) is 25.2 Å². The van der Waals surface area contributed by atoms with Gasteiger partial charge in [-0.2, -0.15) is 0 Å².